The number of aromatic carboxylic acids is 2. The number of amides is 4. The lowest BCUT2D eigenvalue weighted by molar-refractivity contribution is -0.126. The van der Waals surface area contributed by atoms with E-state index in [0.29, 0.717) is 16.9 Å². The van der Waals surface area contributed by atoms with Crippen molar-refractivity contribution in [1.29, 1.82) is 0 Å². The quantitative estimate of drug-likeness (QED) is 0.266. The Morgan fingerprint density at radius 3 is 1.96 bits per heavy atom. The van der Waals surface area contributed by atoms with Crippen LogP contribution in [0.5, 0.6) is 11.5 Å². The number of aromatic hydroxyl groups is 1. The number of nitrogens with zero attached hydrogens (tertiary/aromatic N) is 2. The van der Waals surface area contributed by atoms with Gasteiger partial charge in [0.15, 0.2) is 0 Å². The molecule has 3 fully saturated rings. The Hall–Kier alpha value is -6.04. The second kappa shape index (κ2) is 11.0. The predicted molar refractivity (Wildman–Crippen MR) is 171 cm³/mol. The Bertz CT molecular complexity index is 2100. The molecule has 3 N–H and O–H groups in total. The van der Waals surface area contributed by atoms with Crippen molar-refractivity contribution >= 4 is 46.9 Å². The van der Waals surface area contributed by atoms with Crippen LogP contribution in [0.15, 0.2) is 90.2 Å². The van der Waals surface area contributed by atoms with Crippen LogP contribution in [0.25, 0.3) is 0 Å². The molecule has 49 heavy (non-hydrogen) atoms. The first-order chi connectivity index (χ1) is 23.5. The van der Waals surface area contributed by atoms with Gasteiger partial charge in [0.2, 0.25) is 23.6 Å². The highest BCUT2D eigenvalue weighted by Crippen LogP contribution is 2.58. The number of carbonyl (C=O) groups is 6. The number of imide groups is 2. The van der Waals surface area contributed by atoms with Gasteiger partial charge in [-0.25, -0.2) is 9.59 Å². The average molecular weight is 661 g/mol. The van der Waals surface area contributed by atoms with E-state index >= 15 is 0 Å². The summed E-state index contributed by atoms with van der Waals surface area (Å²) in [5.41, 5.74) is 2.17. The molecule has 3 heterocycles. The van der Waals surface area contributed by atoms with Crippen molar-refractivity contribution in [2.45, 2.75) is 19.3 Å². The molecule has 12 nitrogen and oxygen atoms in total. The summed E-state index contributed by atoms with van der Waals surface area (Å²) >= 11 is 0. The minimum atomic E-state index is -1.22. The van der Waals surface area contributed by atoms with Gasteiger partial charge in [-0.15, -0.1) is 0 Å². The highest BCUT2D eigenvalue weighted by molar-refractivity contribution is 6.24. The average Bonchev–Trinajstić information content (AvgIpc) is 3.50. The first kappa shape index (κ1) is 30.3. The van der Waals surface area contributed by atoms with Crippen molar-refractivity contribution < 1.29 is 48.8 Å². The number of rotatable bonds is 5. The Kier molecular flexibility index (Phi) is 6.81. The van der Waals surface area contributed by atoms with Crippen molar-refractivity contribution in [3.63, 3.8) is 0 Å². The van der Waals surface area contributed by atoms with Gasteiger partial charge >= 0.3 is 11.9 Å². The standard InChI is InChI=1S/C37H28N2O10/c40-23-7-10-28-19(14-23)11-20(16-49-28)29-24-8-9-25-30(34(43)38(32(25)41)21-5-1-3-17(12-21)36(45)46)26(24)15-27-31(29)35(44)39(33(27)42)22-6-2-4-18(13-22)37(47)48/h1-8,10,12-14,16,25-27,29-31,40H,9,11,15H2,(H,45,46)(H,47,48)/t25-,26+,27+,29-,30-,31+/m0/s1. The molecule has 0 spiro atoms. The zero-order chi connectivity index (χ0) is 34.3. The van der Waals surface area contributed by atoms with Crippen LogP contribution < -0.4 is 14.5 Å². The van der Waals surface area contributed by atoms with Gasteiger partial charge in [0.25, 0.3) is 0 Å². The monoisotopic (exact) mass is 660 g/mol. The van der Waals surface area contributed by atoms with E-state index in [1.807, 2.05) is 6.08 Å². The summed E-state index contributed by atoms with van der Waals surface area (Å²) in [6, 6.07) is 15.9. The molecule has 12 heteroatoms. The molecule has 5 aliphatic rings. The number of carboxylic acid groups (broad SMARTS) is 2. The van der Waals surface area contributed by atoms with Crippen LogP contribution in [-0.2, 0) is 25.6 Å². The van der Waals surface area contributed by atoms with E-state index in [0.717, 1.165) is 15.4 Å². The van der Waals surface area contributed by atoms with E-state index in [9.17, 15) is 44.1 Å². The summed E-state index contributed by atoms with van der Waals surface area (Å²) in [5, 5.41) is 29.3. The fraction of sp³-hybridized carbons (Fsp3) is 0.243. The highest BCUT2D eigenvalue weighted by atomic mass is 16.5. The van der Waals surface area contributed by atoms with Gasteiger partial charge in [-0.2, -0.15) is 0 Å². The molecule has 2 saturated heterocycles. The van der Waals surface area contributed by atoms with E-state index in [1.54, 1.807) is 18.4 Å². The number of hydrogen-bond acceptors (Lipinski definition) is 8. The second-order valence-corrected chi connectivity index (χ2v) is 13.0. The van der Waals surface area contributed by atoms with E-state index in [-0.39, 0.29) is 47.5 Å². The second-order valence-electron chi connectivity index (χ2n) is 13.0. The molecule has 3 aliphatic heterocycles. The van der Waals surface area contributed by atoms with Gasteiger partial charge in [0.1, 0.15) is 11.5 Å². The summed E-state index contributed by atoms with van der Waals surface area (Å²) in [7, 11) is 0. The lowest BCUT2D eigenvalue weighted by Gasteiger charge is -2.45. The van der Waals surface area contributed by atoms with Crippen molar-refractivity contribution in [2.75, 3.05) is 9.80 Å². The molecular formula is C37H28N2O10. The molecule has 2 aliphatic carbocycles. The minimum Gasteiger partial charge on any atom is -0.508 e. The van der Waals surface area contributed by atoms with E-state index in [4.69, 9.17) is 4.74 Å². The molecule has 0 radical (unpaired) electrons. The number of benzene rings is 3. The fourth-order valence-electron chi connectivity index (χ4n) is 8.48. The minimum absolute atomic E-state index is 0.0291. The van der Waals surface area contributed by atoms with Crippen LogP contribution >= 0.6 is 0 Å². The molecule has 246 valence electrons. The van der Waals surface area contributed by atoms with Gasteiger partial charge in [0, 0.05) is 17.9 Å². The van der Waals surface area contributed by atoms with Crippen molar-refractivity contribution in [1.82, 2.24) is 0 Å². The smallest absolute Gasteiger partial charge is 0.335 e. The zero-order valence-electron chi connectivity index (χ0n) is 25.7. The molecule has 0 unspecified atom stereocenters. The number of allylic oxidation sites excluding steroid dienone is 3. The van der Waals surface area contributed by atoms with Crippen LogP contribution in [0.3, 0.4) is 0 Å². The number of phenols is 1. The van der Waals surface area contributed by atoms with Crippen LogP contribution in [-0.4, -0.2) is 50.9 Å². The molecule has 0 aromatic heterocycles. The van der Waals surface area contributed by atoms with Crippen LogP contribution in [0.2, 0.25) is 0 Å². The SMILES string of the molecule is O=C(O)c1cccc(N2C(=O)[C@H]3[C@H](CC=C4[C@H](C5=COc6ccc(O)cc6C5)[C@@H]5C(=O)N(c6cccc(C(=O)O)c6)C(=O)[C@@H]5C[C@H]43)C2=O)c1. The van der Waals surface area contributed by atoms with E-state index in [1.165, 1.54) is 54.6 Å². The molecule has 4 amide bonds. The Labute approximate surface area is 278 Å². The molecule has 0 bridgehead atoms. The number of ether oxygens (including phenoxy) is 1. The third-order valence-electron chi connectivity index (χ3n) is 10.5. The number of carbonyl (C=O) groups excluding carboxylic acids is 4. The van der Waals surface area contributed by atoms with E-state index < -0.39 is 71.1 Å². The molecule has 1 saturated carbocycles. The zero-order valence-corrected chi connectivity index (χ0v) is 25.7. The van der Waals surface area contributed by atoms with Crippen molar-refractivity contribution in [2.24, 2.45) is 35.5 Å². The maximum atomic E-state index is 14.4. The summed E-state index contributed by atoms with van der Waals surface area (Å²) in [6.07, 6.45) is 4.02. The Balaban J connectivity index is 1.22. The van der Waals surface area contributed by atoms with Gasteiger partial charge < -0.3 is 20.1 Å². The van der Waals surface area contributed by atoms with Crippen LogP contribution in [0, 0.1) is 35.5 Å². The Morgan fingerprint density at radius 1 is 0.714 bits per heavy atom. The first-order valence-electron chi connectivity index (χ1n) is 15.8. The molecule has 3 aromatic carbocycles. The summed E-state index contributed by atoms with van der Waals surface area (Å²) in [5.74, 6) is -8.58. The summed E-state index contributed by atoms with van der Waals surface area (Å²) in [6.45, 7) is 0. The van der Waals surface area contributed by atoms with Gasteiger partial charge in [-0.3, -0.25) is 29.0 Å². The number of carboxylic acids is 2. The normalized spacial score (nSPS) is 27.0. The first-order valence-corrected chi connectivity index (χ1v) is 15.8. The largest absolute Gasteiger partial charge is 0.508 e. The lowest BCUT2D eigenvalue weighted by Crippen LogP contribution is -2.45. The summed E-state index contributed by atoms with van der Waals surface area (Å²) in [4.78, 5) is 82.2. The molecular weight excluding hydrogens is 632 g/mol. The Morgan fingerprint density at radius 2 is 1.33 bits per heavy atom. The predicted octanol–water partition coefficient (Wildman–Crippen LogP) is 4.19. The van der Waals surface area contributed by atoms with Crippen LogP contribution in [0.4, 0.5) is 11.4 Å². The number of hydrogen-bond donors (Lipinski definition) is 3. The number of anilines is 2. The molecule has 3 aromatic rings. The van der Waals surface area contributed by atoms with E-state index in [2.05, 4.69) is 0 Å². The third-order valence-corrected chi connectivity index (χ3v) is 10.5. The topological polar surface area (TPSA) is 179 Å². The van der Waals surface area contributed by atoms with Gasteiger partial charge in [-0.05, 0) is 78.9 Å². The van der Waals surface area contributed by atoms with Gasteiger partial charge in [-0.1, -0.05) is 23.8 Å². The maximum absolute atomic E-state index is 14.4. The lowest BCUT2D eigenvalue weighted by atomic mass is 9.56. The number of fused-ring (bicyclic) bond motifs is 5. The third kappa shape index (κ3) is 4.58. The van der Waals surface area contributed by atoms with Crippen molar-refractivity contribution in [3.8, 4) is 11.5 Å². The molecule has 6 atom stereocenters. The highest BCUT2D eigenvalue weighted by Gasteiger charge is 2.62. The maximum Gasteiger partial charge on any atom is 0.335 e. The number of phenolic OH excluding ortho intramolecular Hbond substituents is 1. The molecule has 8 rings (SSSR count). The van der Waals surface area contributed by atoms with Gasteiger partial charge in [0.05, 0.1) is 52.4 Å². The summed E-state index contributed by atoms with van der Waals surface area (Å²) < 4.78 is 5.97. The fourth-order valence-corrected chi connectivity index (χ4v) is 8.48. The van der Waals surface area contributed by atoms with Crippen molar-refractivity contribution in [3.05, 3.63) is 107 Å². The van der Waals surface area contributed by atoms with Crippen LogP contribution in [0.1, 0.15) is 39.1 Å².